The fourth-order valence-electron chi connectivity index (χ4n) is 2.27. The topological polar surface area (TPSA) is 96.3 Å². The van der Waals surface area contributed by atoms with Gasteiger partial charge in [0.25, 0.3) is 5.22 Å². The molecule has 0 saturated carbocycles. The zero-order valence-electron chi connectivity index (χ0n) is 15.1. The fraction of sp³-hybridized carbons (Fsp3) is 0.412. The lowest BCUT2D eigenvalue weighted by atomic mass is 10.1. The Morgan fingerprint density at radius 2 is 1.92 bits per heavy atom. The van der Waals surface area contributed by atoms with E-state index in [1.165, 1.54) is 11.8 Å². The Balaban J connectivity index is 1.65. The molecule has 1 aromatic carbocycles. The van der Waals surface area contributed by atoms with Crippen LogP contribution in [0, 0.1) is 5.92 Å². The van der Waals surface area contributed by atoms with Crippen LogP contribution in [-0.4, -0.2) is 34.6 Å². The Bertz CT molecular complexity index is 862. The van der Waals surface area contributed by atoms with Crippen molar-refractivity contribution in [3.8, 4) is 23.0 Å². The molecular weight excluding hydrogens is 356 g/mol. The van der Waals surface area contributed by atoms with Crippen LogP contribution in [0.4, 0.5) is 0 Å². The number of hydrogen-bond donors (Lipinski definition) is 0. The average Bonchev–Trinajstić information content (AvgIpc) is 3.28. The minimum Gasteiger partial charge on any atom is -0.493 e. The SMILES string of the molecule is COc1ccc(-c2nnc(SCc3nc(CC(C)C)no3)o2)cc1OC. The summed E-state index contributed by atoms with van der Waals surface area (Å²) in [4.78, 5) is 4.35. The summed E-state index contributed by atoms with van der Waals surface area (Å²) in [5.74, 6) is 3.84. The van der Waals surface area contributed by atoms with E-state index in [2.05, 4.69) is 34.2 Å². The number of aromatic nitrogens is 4. The molecule has 0 aliphatic heterocycles. The van der Waals surface area contributed by atoms with Gasteiger partial charge in [0.15, 0.2) is 17.3 Å². The summed E-state index contributed by atoms with van der Waals surface area (Å²) >= 11 is 1.35. The van der Waals surface area contributed by atoms with Gasteiger partial charge in [0.1, 0.15) is 0 Å². The van der Waals surface area contributed by atoms with Gasteiger partial charge in [-0.1, -0.05) is 30.8 Å². The molecule has 0 saturated heterocycles. The van der Waals surface area contributed by atoms with E-state index < -0.39 is 0 Å². The third-order valence-electron chi connectivity index (χ3n) is 3.46. The van der Waals surface area contributed by atoms with Gasteiger partial charge < -0.3 is 18.4 Å². The Morgan fingerprint density at radius 1 is 1.12 bits per heavy atom. The maximum Gasteiger partial charge on any atom is 0.277 e. The summed E-state index contributed by atoms with van der Waals surface area (Å²) in [6.07, 6.45) is 0.790. The van der Waals surface area contributed by atoms with Crippen molar-refractivity contribution in [2.45, 2.75) is 31.2 Å². The summed E-state index contributed by atoms with van der Waals surface area (Å²) < 4.78 is 21.4. The fourth-order valence-corrected chi connectivity index (χ4v) is 2.87. The molecule has 0 unspecified atom stereocenters. The van der Waals surface area contributed by atoms with Gasteiger partial charge in [0.05, 0.1) is 20.0 Å². The third-order valence-corrected chi connectivity index (χ3v) is 4.26. The molecule has 138 valence electrons. The first-order chi connectivity index (χ1) is 12.6. The van der Waals surface area contributed by atoms with Crippen molar-refractivity contribution in [1.29, 1.82) is 0 Å². The van der Waals surface area contributed by atoms with Gasteiger partial charge in [-0.05, 0) is 24.1 Å². The molecule has 0 bridgehead atoms. The predicted octanol–water partition coefficient (Wildman–Crippen LogP) is 3.63. The Kier molecular flexibility index (Phi) is 5.77. The van der Waals surface area contributed by atoms with Crippen LogP contribution in [0.25, 0.3) is 11.5 Å². The van der Waals surface area contributed by atoms with Crippen LogP contribution in [-0.2, 0) is 12.2 Å². The number of thioether (sulfide) groups is 1. The molecule has 0 aliphatic carbocycles. The van der Waals surface area contributed by atoms with Gasteiger partial charge in [-0.2, -0.15) is 4.98 Å². The van der Waals surface area contributed by atoms with Crippen LogP contribution in [0.1, 0.15) is 25.6 Å². The predicted molar refractivity (Wildman–Crippen MR) is 95.2 cm³/mol. The van der Waals surface area contributed by atoms with Crippen molar-refractivity contribution < 1.29 is 18.4 Å². The average molecular weight is 376 g/mol. The highest BCUT2D eigenvalue weighted by Gasteiger charge is 2.14. The first kappa shape index (κ1) is 18.2. The Morgan fingerprint density at radius 3 is 2.65 bits per heavy atom. The highest BCUT2D eigenvalue weighted by Crippen LogP contribution is 2.33. The molecule has 9 heteroatoms. The molecule has 0 spiro atoms. The molecule has 0 amide bonds. The molecule has 2 aromatic heterocycles. The van der Waals surface area contributed by atoms with Gasteiger partial charge in [-0.25, -0.2) is 0 Å². The Labute approximate surface area is 155 Å². The molecular formula is C17H20N4O4S. The molecule has 3 aromatic rings. The van der Waals surface area contributed by atoms with Gasteiger partial charge in [0, 0.05) is 12.0 Å². The quantitative estimate of drug-likeness (QED) is 0.546. The molecule has 2 heterocycles. The van der Waals surface area contributed by atoms with Crippen molar-refractivity contribution in [2.75, 3.05) is 14.2 Å². The number of methoxy groups -OCH3 is 2. The summed E-state index contributed by atoms with van der Waals surface area (Å²) in [7, 11) is 3.16. The maximum absolute atomic E-state index is 5.69. The van der Waals surface area contributed by atoms with E-state index in [0.29, 0.717) is 46.0 Å². The van der Waals surface area contributed by atoms with Gasteiger partial charge in [-0.3, -0.25) is 0 Å². The number of hydrogen-bond acceptors (Lipinski definition) is 9. The minimum atomic E-state index is 0.402. The lowest BCUT2D eigenvalue weighted by Crippen LogP contribution is -1.96. The molecule has 0 atom stereocenters. The first-order valence-corrected chi connectivity index (χ1v) is 9.07. The molecule has 0 radical (unpaired) electrons. The van der Waals surface area contributed by atoms with E-state index in [4.69, 9.17) is 18.4 Å². The van der Waals surface area contributed by atoms with Crippen molar-refractivity contribution in [3.63, 3.8) is 0 Å². The smallest absolute Gasteiger partial charge is 0.277 e. The zero-order valence-corrected chi connectivity index (χ0v) is 15.9. The van der Waals surface area contributed by atoms with Crippen molar-refractivity contribution >= 4 is 11.8 Å². The summed E-state index contributed by atoms with van der Waals surface area (Å²) in [5.41, 5.74) is 0.749. The number of benzene rings is 1. The maximum atomic E-state index is 5.69. The second kappa shape index (κ2) is 8.22. The van der Waals surface area contributed by atoms with E-state index in [1.807, 2.05) is 6.07 Å². The summed E-state index contributed by atoms with van der Waals surface area (Å²) in [6.45, 7) is 4.22. The van der Waals surface area contributed by atoms with Crippen LogP contribution in [0.5, 0.6) is 11.5 Å². The van der Waals surface area contributed by atoms with E-state index >= 15 is 0 Å². The third kappa shape index (κ3) is 4.34. The molecule has 26 heavy (non-hydrogen) atoms. The first-order valence-electron chi connectivity index (χ1n) is 8.09. The van der Waals surface area contributed by atoms with Crippen LogP contribution in [0.3, 0.4) is 0 Å². The summed E-state index contributed by atoms with van der Waals surface area (Å²) in [5, 5.41) is 12.5. The zero-order chi connectivity index (χ0) is 18.5. The van der Waals surface area contributed by atoms with Gasteiger partial charge in [0.2, 0.25) is 11.8 Å². The van der Waals surface area contributed by atoms with Crippen LogP contribution in [0.2, 0.25) is 0 Å². The van der Waals surface area contributed by atoms with E-state index in [-0.39, 0.29) is 0 Å². The number of rotatable bonds is 8. The normalized spacial score (nSPS) is 11.1. The van der Waals surface area contributed by atoms with Crippen LogP contribution < -0.4 is 9.47 Å². The van der Waals surface area contributed by atoms with Gasteiger partial charge in [-0.15, -0.1) is 10.2 Å². The molecule has 0 N–H and O–H groups in total. The van der Waals surface area contributed by atoms with Crippen molar-refractivity contribution in [3.05, 3.63) is 29.9 Å². The largest absolute Gasteiger partial charge is 0.493 e. The molecule has 3 rings (SSSR count). The Hall–Kier alpha value is -2.55. The highest BCUT2D eigenvalue weighted by atomic mass is 32.2. The van der Waals surface area contributed by atoms with Gasteiger partial charge >= 0.3 is 0 Å². The van der Waals surface area contributed by atoms with Crippen molar-refractivity contribution in [1.82, 2.24) is 20.3 Å². The lowest BCUT2D eigenvalue weighted by Gasteiger charge is -2.07. The number of nitrogens with zero attached hydrogens (tertiary/aromatic N) is 4. The second-order valence-electron chi connectivity index (χ2n) is 5.93. The van der Waals surface area contributed by atoms with E-state index in [9.17, 15) is 0 Å². The molecule has 0 fully saturated rings. The van der Waals surface area contributed by atoms with Crippen molar-refractivity contribution in [2.24, 2.45) is 5.92 Å². The monoisotopic (exact) mass is 376 g/mol. The summed E-state index contributed by atoms with van der Waals surface area (Å²) in [6, 6.07) is 5.41. The number of ether oxygens (including phenoxy) is 2. The standard InChI is InChI=1S/C17H20N4O4S/c1-10(2)7-14-18-15(25-21-14)9-26-17-20-19-16(24-17)11-5-6-12(22-3)13(8-11)23-4/h5-6,8,10H,7,9H2,1-4H3. The lowest BCUT2D eigenvalue weighted by molar-refractivity contribution is 0.355. The van der Waals surface area contributed by atoms with Crippen LogP contribution >= 0.6 is 11.8 Å². The molecule has 8 nitrogen and oxygen atoms in total. The van der Waals surface area contributed by atoms with E-state index in [1.54, 1.807) is 26.4 Å². The molecule has 0 aliphatic rings. The van der Waals surface area contributed by atoms with Crippen LogP contribution in [0.15, 0.2) is 32.4 Å². The minimum absolute atomic E-state index is 0.402. The second-order valence-corrected chi connectivity index (χ2v) is 6.86. The van der Waals surface area contributed by atoms with E-state index in [0.717, 1.165) is 12.0 Å². The highest BCUT2D eigenvalue weighted by molar-refractivity contribution is 7.98.